The molecule has 0 amide bonds. The van der Waals surface area contributed by atoms with E-state index in [0.29, 0.717) is 11.1 Å². The van der Waals surface area contributed by atoms with E-state index in [2.05, 4.69) is 37.5 Å². The molecule has 6 heteroatoms. The van der Waals surface area contributed by atoms with Gasteiger partial charge in [0.2, 0.25) is 0 Å². The van der Waals surface area contributed by atoms with E-state index in [0.717, 1.165) is 63.2 Å². The Hall–Kier alpha value is -3.15. The Morgan fingerprint density at radius 2 is 1.18 bits per heavy atom. The molecule has 1 unspecified atom stereocenters. The highest BCUT2D eigenvalue weighted by atomic mass is 16.3. The summed E-state index contributed by atoms with van der Waals surface area (Å²) in [6.45, 7) is 12.0. The molecule has 0 spiro atoms. The van der Waals surface area contributed by atoms with Gasteiger partial charge in [-0.3, -0.25) is 4.79 Å². The Kier molecular flexibility index (Phi) is 8.48. The zero-order valence-corrected chi connectivity index (χ0v) is 20.8. The molecule has 0 saturated carbocycles. The van der Waals surface area contributed by atoms with Gasteiger partial charge in [-0.15, -0.1) is 0 Å². The Morgan fingerprint density at radius 1 is 0.706 bits per heavy atom. The Balaban J connectivity index is 1.88. The first kappa shape index (κ1) is 25.5. The zero-order chi connectivity index (χ0) is 24.8. The highest BCUT2D eigenvalue weighted by Crippen LogP contribution is 2.48. The molecule has 3 N–H and O–H groups in total. The molecule has 1 aliphatic rings. The molecular formula is C28H38N2O4. The standard InChI is InChI=1S/C28H38N2O4/c1-5-13-29(14-6-2)19-9-11-21(23(31)17-19)25-27(33)26(28(25)34)22-12-10-20(18-24(22)32)30(15-7-3)16-8-4/h9-12,17-18,25,31-33H,5-8,13-16H2,1-4H3. The molecule has 1 atom stereocenters. The second kappa shape index (κ2) is 11.3. The monoisotopic (exact) mass is 466 g/mol. The lowest BCUT2D eigenvalue weighted by molar-refractivity contribution is -0.116. The quantitative estimate of drug-likeness (QED) is 0.356. The van der Waals surface area contributed by atoms with Crippen molar-refractivity contribution in [3.8, 4) is 11.5 Å². The van der Waals surface area contributed by atoms with E-state index in [9.17, 15) is 20.1 Å². The van der Waals surface area contributed by atoms with E-state index in [1.54, 1.807) is 24.3 Å². The second-order valence-electron chi connectivity index (χ2n) is 8.98. The van der Waals surface area contributed by atoms with E-state index in [-0.39, 0.29) is 28.6 Å². The van der Waals surface area contributed by atoms with Crippen LogP contribution in [0.4, 0.5) is 11.4 Å². The van der Waals surface area contributed by atoms with Crippen molar-refractivity contribution in [2.45, 2.75) is 59.3 Å². The summed E-state index contributed by atoms with van der Waals surface area (Å²) in [5, 5.41) is 32.2. The summed E-state index contributed by atoms with van der Waals surface area (Å²) in [4.78, 5) is 17.5. The van der Waals surface area contributed by atoms with Crippen molar-refractivity contribution in [1.82, 2.24) is 0 Å². The number of Topliss-reactive ketones (excluding diaryl/α,β-unsaturated/α-hetero) is 1. The maximum absolute atomic E-state index is 13.1. The fourth-order valence-corrected chi connectivity index (χ4v) is 4.74. The van der Waals surface area contributed by atoms with Crippen LogP contribution >= 0.6 is 0 Å². The lowest BCUT2D eigenvalue weighted by atomic mass is 9.74. The minimum absolute atomic E-state index is 0.00648. The number of aliphatic hydroxyl groups excluding tert-OH is 1. The van der Waals surface area contributed by atoms with Crippen LogP contribution in [0.2, 0.25) is 0 Å². The molecule has 0 radical (unpaired) electrons. The van der Waals surface area contributed by atoms with Crippen molar-refractivity contribution >= 4 is 22.7 Å². The summed E-state index contributed by atoms with van der Waals surface area (Å²) >= 11 is 0. The van der Waals surface area contributed by atoms with Crippen LogP contribution in [0, 0.1) is 0 Å². The summed E-state index contributed by atoms with van der Waals surface area (Å²) in [5.41, 5.74) is 2.62. The van der Waals surface area contributed by atoms with E-state index in [4.69, 9.17) is 0 Å². The summed E-state index contributed by atoms with van der Waals surface area (Å²) in [7, 11) is 0. The van der Waals surface area contributed by atoms with Crippen LogP contribution in [0.3, 0.4) is 0 Å². The third-order valence-corrected chi connectivity index (χ3v) is 6.32. The van der Waals surface area contributed by atoms with Crippen LogP contribution < -0.4 is 9.80 Å². The first-order valence-corrected chi connectivity index (χ1v) is 12.5. The maximum Gasteiger partial charge on any atom is 0.182 e. The molecule has 0 bridgehead atoms. The van der Waals surface area contributed by atoms with Gasteiger partial charge in [0.1, 0.15) is 23.2 Å². The van der Waals surface area contributed by atoms with Crippen LogP contribution in [0.15, 0.2) is 42.2 Å². The number of ketones is 1. The molecule has 34 heavy (non-hydrogen) atoms. The molecule has 0 fully saturated rings. The van der Waals surface area contributed by atoms with Gasteiger partial charge >= 0.3 is 0 Å². The molecule has 184 valence electrons. The molecule has 3 rings (SSSR count). The average molecular weight is 467 g/mol. The summed E-state index contributed by atoms with van der Waals surface area (Å²) in [5.74, 6) is -1.37. The number of aromatic hydroxyl groups is 2. The van der Waals surface area contributed by atoms with Crippen molar-refractivity contribution in [3.63, 3.8) is 0 Å². The second-order valence-corrected chi connectivity index (χ2v) is 8.98. The number of allylic oxidation sites excluding steroid dienone is 2. The van der Waals surface area contributed by atoms with Gasteiger partial charge in [0, 0.05) is 60.8 Å². The highest BCUT2D eigenvalue weighted by Gasteiger charge is 2.43. The minimum Gasteiger partial charge on any atom is -0.510 e. The largest absolute Gasteiger partial charge is 0.510 e. The molecule has 1 aliphatic carbocycles. The van der Waals surface area contributed by atoms with Crippen molar-refractivity contribution in [1.29, 1.82) is 0 Å². The molecule has 0 aliphatic heterocycles. The summed E-state index contributed by atoms with van der Waals surface area (Å²) in [6, 6.07) is 10.5. The number of phenolic OH excluding ortho intramolecular Hbond substituents is 2. The Morgan fingerprint density at radius 3 is 1.59 bits per heavy atom. The predicted octanol–water partition coefficient (Wildman–Crippen LogP) is 5.99. The Labute approximate surface area is 203 Å². The maximum atomic E-state index is 13.1. The lowest BCUT2D eigenvalue weighted by Gasteiger charge is -2.31. The average Bonchev–Trinajstić information content (AvgIpc) is 2.81. The third kappa shape index (κ3) is 5.01. The fourth-order valence-electron chi connectivity index (χ4n) is 4.74. The van der Waals surface area contributed by atoms with Gasteiger partial charge in [0.05, 0.1) is 5.57 Å². The molecule has 2 aromatic rings. The number of benzene rings is 2. The van der Waals surface area contributed by atoms with Gasteiger partial charge < -0.3 is 25.1 Å². The van der Waals surface area contributed by atoms with Gasteiger partial charge in [-0.05, 0) is 43.9 Å². The summed E-state index contributed by atoms with van der Waals surface area (Å²) < 4.78 is 0. The minimum atomic E-state index is -0.911. The Bertz CT molecular complexity index is 1030. The van der Waals surface area contributed by atoms with Gasteiger partial charge in [-0.2, -0.15) is 0 Å². The smallest absolute Gasteiger partial charge is 0.182 e. The fraction of sp³-hybridized carbons (Fsp3) is 0.464. The lowest BCUT2D eigenvalue weighted by Crippen LogP contribution is -2.29. The van der Waals surface area contributed by atoms with Gasteiger partial charge in [0.25, 0.3) is 0 Å². The van der Waals surface area contributed by atoms with Crippen LogP contribution in [-0.2, 0) is 4.79 Å². The van der Waals surface area contributed by atoms with Gasteiger partial charge in [0.15, 0.2) is 5.78 Å². The summed E-state index contributed by atoms with van der Waals surface area (Å²) in [6.07, 6.45) is 3.97. The molecule has 2 aromatic carbocycles. The molecule has 0 saturated heterocycles. The van der Waals surface area contributed by atoms with E-state index in [1.165, 1.54) is 0 Å². The van der Waals surface area contributed by atoms with Crippen LogP contribution in [0.1, 0.15) is 70.4 Å². The number of rotatable bonds is 12. The molecular weight excluding hydrogens is 428 g/mol. The number of aliphatic hydroxyl groups is 1. The first-order valence-electron chi connectivity index (χ1n) is 12.5. The number of hydrogen-bond acceptors (Lipinski definition) is 6. The first-order chi connectivity index (χ1) is 16.4. The topological polar surface area (TPSA) is 84.2 Å². The number of carbonyl (C=O) groups is 1. The number of phenols is 2. The molecule has 0 heterocycles. The van der Waals surface area contributed by atoms with Crippen LogP contribution in [-0.4, -0.2) is 47.3 Å². The third-order valence-electron chi connectivity index (χ3n) is 6.32. The predicted molar refractivity (Wildman–Crippen MR) is 139 cm³/mol. The van der Waals surface area contributed by atoms with Gasteiger partial charge in [-0.1, -0.05) is 33.8 Å². The van der Waals surface area contributed by atoms with Gasteiger partial charge in [-0.25, -0.2) is 0 Å². The number of anilines is 2. The zero-order valence-electron chi connectivity index (χ0n) is 20.8. The molecule has 0 aromatic heterocycles. The van der Waals surface area contributed by atoms with Crippen LogP contribution in [0.25, 0.3) is 5.57 Å². The SMILES string of the molecule is CCCN(CCC)c1ccc(C2=C(O)C(c3ccc(N(CCC)CCC)cc3O)C2=O)c(O)c1. The number of carbonyl (C=O) groups excluding carboxylic acids is 1. The van der Waals surface area contributed by atoms with E-state index in [1.807, 2.05) is 12.1 Å². The van der Waals surface area contributed by atoms with Crippen molar-refractivity contribution in [2.75, 3.05) is 36.0 Å². The highest BCUT2D eigenvalue weighted by molar-refractivity contribution is 6.32. The van der Waals surface area contributed by atoms with Crippen molar-refractivity contribution in [2.24, 2.45) is 0 Å². The van der Waals surface area contributed by atoms with Crippen LogP contribution in [0.5, 0.6) is 11.5 Å². The van der Waals surface area contributed by atoms with Crippen molar-refractivity contribution < 1.29 is 20.1 Å². The van der Waals surface area contributed by atoms with E-state index < -0.39 is 5.92 Å². The van der Waals surface area contributed by atoms with E-state index >= 15 is 0 Å². The van der Waals surface area contributed by atoms with Crippen molar-refractivity contribution in [3.05, 3.63) is 53.3 Å². The number of hydrogen-bond donors (Lipinski definition) is 3. The normalized spacial score (nSPS) is 15.4. The number of nitrogens with zero attached hydrogens (tertiary/aromatic N) is 2. The molecule has 6 nitrogen and oxygen atoms in total.